The molecule has 0 aliphatic heterocycles. The summed E-state index contributed by atoms with van der Waals surface area (Å²) < 4.78 is 106. The number of allylic oxidation sites excluding steroid dienone is 3. The van der Waals surface area contributed by atoms with E-state index >= 15 is 0 Å². The molecule has 1 amide bonds. The number of amides is 1. The minimum atomic E-state index is -5.06. The standard InChI is InChI=1S/C22H17ClF5NO4S2/c1-12(29-21(30)22(26,27)28)13-5-8-15(9-6-13)34(31)18-10-7-14(23)11-19(18)35(32,33)20-16(24)3-2-4-17(20)25/h3,5-12H,2,4H2,1H3,(H,29,30)/t12-,34?/m0/s1. The number of carbonyl (C=O) groups excluding carboxylic acids is 1. The molecule has 35 heavy (non-hydrogen) atoms. The summed E-state index contributed by atoms with van der Waals surface area (Å²) in [7, 11) is -6.96. The van der Waals surface area contributed by atoms with Gasteiger partial charge in [0.1, 0.15) is 16.6 Å². The van der Waals surface area contributed by atoms with E-state index in [2.05, 4.69) is 0 Å². The number of carbonyl (C=O) groups is 1. The Hall–Kier alpha value is -2.57. The maximum absolute atomic E-state index is 14.3. The lowest BCUT2D eigenvalue weighted by atomic mass is 10.1. The molecule has 1 aliphatic carbocycles. The second kappa shape index (κ2) is 10.2. The monoisotopic (exact) mass is 553 g/mol. The molecule has 0 radical (unpaired) electrons. The van der Waals surface area contributed by atoms with Crippen molar-refractivity contribution < 1.29 is 39.4 Å². The maximum Gasteiger partial charge on any atom is 0.471 e. The Labute approximate surface area is 205 Å². The second-order valence-corrected chi connectivity index (χ2v) is 11.2. The number of hydrogen-bond donors (Lipinski definition) is 1. The van der Waals surface area contributed by atoms with Gasteiger partial charge in [-0.1, -0.05) is 23.7 Å². The van der Waals surface area contributed by atoms with Crippen molar-refractivity contribution in [1.29, 1.82) is 0 Å². The van der Waals surface area contributed by atoms with Crippen LogP contribution in [-0.2, 0) is 25.4 Å². The Balaban J connectivity index is 1.97. The van der Waals surface area contributed by atoms with Crippen LogP contribution in [0.2, 0.25) is 5.02 Å². The Kier molecular flexibility index (Phi) is 7.87. The molecule has 2 aromatic carbocycles. The molecule has 0 spiro atoms. The molecule has 3 rings (SSSR count). The van der Waals surface area contributed by atoms with Gasteiger partial charge in [0.15, 0.2) is 0 Å². The lowest BCUT2D eigenvalue weighted by molar-refractivity contribution is -0.174. The molecule has 2 aromatic rings. The summed E-state index contributed by atoms with van der Waals surface area (Å²) in [6, 6.07) is 7.48. The quantitative estimate of drug-likeness (QED) is 0.455. The highest BCUT2D eigenvalue weighted by molar-refractivity contribution is 7.96. The molecule has 0 aromatic heterocycles. The average Bonchev–Trinajstić information content (AvgIpc) is 2.77. The van der Waals surface area contributed by atoms with Gasteiger partial charge in [-0.25, -0.2) is 21.4 Å². The molecular weight excluding hydrogens is 537 g/mol. The van der Waals surface area contributed by atoms with Crippen molar-refractivity contribution in [3.8, 4) is 0 Å². The van der Waals surface area contributed by atoms with Crippen LogP contribution < -0.4 is 5.32 Å². The summed E-state index contributed by atoms with van der Waals surface area (Å²) >= 11 is 5.92. The van der Waals surface area contributed by atoms with Gasteiger partial charge in [0.25, 0.3) is 0 Å². The van der Waals surface area contributed by atoms with E-state index in [9.17, 15) is 39.4 Å². The van der Waals surface area contributed by atoms with E-state index in [1.807, 2.05) is 0 Å². The van der Waals surface area contributed by atoms with Crippen molar-refractivity contribution in [1.82, 2.24) is 5.32 Å². The SMILES string of the molecule is C[C@H](NC(=O)C(F)(F)F)c1ccc(S(=O)c2ccc(Cl)cc2S(=O)(=O)C2=C(F)CCC=C2F)cc1. The topological polar surface area (TPSA) is 80.3 Å². The Morgan fingerprint density at radius 1 is 1.11 bits per heavy atom. The fourth-order valence-electron chi connectivity index (χ4n) is 3.26. The number of nitrogens with one attached hydrogen (secondary N) is 1. The van der Waals surface area contributed by atoms with Crippen molar-refractivity contribution in [3.63, 3.8) is 0 Å². The van der Waals surface area contributed by atoms with Crippen LogP contribution in [0.25, 0.3) is 0 Å². The third-order valence-corrected chi connectivity index (χ3v) is 8.70. The summed E-state index contributed by atoms with van der Waals surface area (Å²) in [5.74, 6) is -4.55. The van der Waals surface area contributed by atoms with E-state index in [4.69, 9.17) is 11.6 Å². The molecule has 5 nitrogen and oxygen atoms in total. The number of rotatable bonds is 6. The molecule has 1 N–H and O–H groups in total. The fourth-order valence-corrected chi connectivity index (χ4v) is 6.69. The van der Waals surface area contributed by atoms with Crippen LogP contribution in [0.4, 0.5) is 22.0 Å². The molecule has 0 saturated heterocycles. The Morgan fingerprint density at radius 3 is 2.31 bits per heavy atom. The summed E-state index contributed by atoms with van der Waals surface area (Å²) in [6.45, 7) is 1.31. The number of benzene rings is 2. The summed E-state index contributed by atoms with van der Waals surface area (Å²) in [6.07, 6.45) is -4.45. The summed E-state index contributed by atoms with van der Waals surface area (Å²) in [5.41, 5.74) is 0.258. The molecule has 1 aliphatic rings. The third kappa shape index (κ3) is 5.81. The fraction of sp³-hybridized carbons (Fsp3) is 0.227. The predicted octanol–water partition coefficient (Wildman–Crippen LogP) is 5.85. The Bertz CT molecular complexity index is 1350. The molecule has 0 fully saturated rings. The van der Waals surface area contributed by atoms with Gasteiger partial charge in [0, 0.05) is 16.3 Å². The smallest absolute Gasteiger partial charge is 0.342 e. The predicted molar refractivity (Wildman–Crippen MR) is 119 cm³/mol. The number of halogens is 6. The highest BCUT2D eigenvalue weighted by atomic mass is 35.5. The number of sulfone groups is 1. The molecule has 0 heterocycles. The maximum atomic E-state index is 14.3. The minimum absolute atomic E-state index is 0.0147. The Morgan fingerprint density at radius 2 is 1.74 bits per heavy atom. The second-order valence-electron chi connectivity index (χ2n) is 7.45. The van der Waals surface area contributed by atoms with Gasteiger partial charge >= 0.3 is 12.1 Å². The van der Waals surface area contributed by atoms with E-state index in [-0.39, 0.29) is 33.2 Å². The van der Waals surface area contributed by atoms with Crippen LogP contribution in [-0.4, -0.2) is 24.7 Å². The van der Waals surface area contributed by atoms with Gasteiger partial charge < -0.3 is 5.32 Å². The lowest BCUT2D eigenvalue weighted by Crippen LogP contribution is -2.38. The highest BCUT2D eigenvalue weighted by Gasteiger charge is 2.39. The summed E-state index contributed by atoms with van der Waals surface area (Å²) in [4.78, 5) is 9.10. The van der Waals surface area contributed by atoms with Gasteiger partial charge in [-0.15, -0.1) is 0 Å². The normalized spacial score (nSPS) is 16.5. The van der Waals surface area contributed by atoms with Crippen LogP contribution in [0.15, 0.2) is 79.8 Å². The first-order valence-electron chi connectivity index (χ1n) is 9.92. The third-order valence-electron chi connectivity index (χ3n) is 5.01. The van der Waals surface area contributed by atoms with E-state index in [1.165, 1.54) is 37.3 Å². The summed E-state index contributed by atoms with van der Waals surface area (Å²) in [5, 5.41) is 1.71. The zero-order valence-electron chi connectivity index (χ0n) is 17.8. The number of hydrogen-bond acceptors (Lipinski definition) is 4. The average molecular weight is 554 g/mol. The molecular formula is C22H17ClF5NO4S2. The molecule has 0 saturated carbocycles. The van der Waals surface area contributed by atoms with E-state index < -0.39 is 60.2 Å². The van der Waals surface area contributed by atoms with Crippen LogP contribution in [0.3, 0.4) is 0 Å². The van der Waals surface area contributed by atoms with Crippen LogP contribution >= 0.6 is 11.6 Å². The van der Waals surface area contributed by atoms with Crippen molar-refractivity contribution in [2.24, 2.45) is 0 Å². The molecule has 188 valence electrons. The first-order valence-corrected chi connectivity index (χ1v) is 12.9. The van der Waals surface area contributed by atoms with Crippen molar-refractivity contribution in [3.05, 3.63) is 75.7 Å². The van der Waals surface area contributed by atoms with Crippen LogP contribution in [0.1, 0.15) is 31.4 Å². The lowest BCUT2D eigenvalue weighted by Gasteiger charge is -2.17. The molecule has 2 atom stereocenters. The van der Waals surface area contributed by atoms with Crippen molar-refractivity contribution in [2.75, 3.05) is 0 Å². The molecule has 1 unspecified atom stereocenters. The number of alkyl halides is 3. The highest BCUT2D eigenvalue weighted by Crippen LogP contribution is 2.38. The van der Waals surface area contributed by atoms with Gasteiger partial charge in [0.2, 0.25) is 9.84 Å². The van der Waals surface area contributed by atoms with E-state index in [0.29, 0.717) is 0 Å². The first kappa shape index (κ1) is 27.0. The largest absolute Gasteiger partial charge is 0.471 e. The molecule has 0 bridgehead atoms. The van der Waals surface area contributed by atoms with Gasteiger partial charge in [-0.05, 0) is 55.3 Å². The molecule has 13 heteroatoms. The van der Waals surface area contributed by atoms with E-state index in [0.717, 1.165) is 18.2 Å². The first-order chi connectivity index (χ1) is 16.2. The van der Waals surface area contributed by atoms with Gasteiger partial charge in [-0.3, -0.25) is 4.79 Å². The van der Waals surface area contributed by atoms with Gasteiger partial charge in [0.05, 0.1) is 26.6 Å². The zero-order chi connectivity index (χ0) is 26.1. The van der Waals surface area contributed by atoms with Crippen LogP contribution in [0.5, 0.6) is 0 Å². The zero-order valence-corrected chi connectivity index (χ0v) is 20.2. The van der Waals surface area contributed by atoms with E-state index in [1.54, 1.807) is 5.32 Å². The van der Waals surface area contributed by atoms with Crippen molar-refractivity contribution in [2.45, 2.75) is 46.7 Å². The van der Waals surface area contributed by atoms with Crippen LogP contribution in [0, 0.1) is 0 Å². The van der Waals surface area contributed by atoms with Crippen molar-refractivity contribution >= 4 is 38.1 Å². The van der Waals surface area contributed by atoms with Gasteiger partial charge in [-0.2, -0.15) is 13.2 Å². The minimum Gasteiger partial charge on any atom is -0.342 e.